The molecular weight excluding hydrogens is 124 g/mol. The number of aryl methyl sites for hydroxylation is 2. The first-order valence-electron chi connectivity index (χ1n) is 2.19. The van der Waals surface area contributed by atoms with Crippen molar-refractivity contribution in [3.63, 3.8) is 0 Å². The van der Waals surface area contributed by atoms with Crippen molar-refractivity contribution in [1.29, 1.82) is 0 Å². The maximum absolute atomic E-state index is 4.77. The van der Waals surface area contributed by atoms with Crippen LogP contribution in [-0.2, 0) is 14.1 Å². The Morgan fingerprint density at radius 2 is 2.50 bits per heavy atom. The highest BCUT2D eigenvalue weighted by Crippen LogP contribution is 1.69. The summed E-state index contributed by atoms with van der Waals surface area (Å²) in [5.74, 6) is 0. The molecule has 0 unspecified atom stereocenters. The molecule has 8 heavy (non-hydrogen) atoms. The van der Waals surface area contributed by atoms with Gasteiger partial charge in [0, 0.05) is 0 Å². The van der Waals surface area contributed by atoms with E-state index in [1.165, 1.54) is 0 Å². The van der Waals surface area contributed by atoms with Crippen LogP contribution in [0.5, 0.6) is 0 Å². The zero-order chi connectivity index (χ0) is 6.15. The van der Waals surface area contributed by atoms with Gasteiger partial charge in [-0.2, -0.15) is 0 Å². The van der Waals surface area contributed by atoms with Crippen LogP contribution in [-0.4, -0.2) is 15.0 Å². The summed E-state index contributed by atoms with van der Waals surface area (Å²) >= 11 is 4.77. The highest BCUT2D eigenvalue weighted by Gasteiger charge is 1.95. The molecule has 0 amide bonds. The number of hydrogen-bond donors (Lipinski definition) is 1. The third kappa shape index (κ3) is 0.764. The number of tetrazole rings is 1. The summed E-state index contributed by atoms with van der Waals surface area (Å²) in [6.45, 7) is 0. The van der Waals surface area contributed by atoms with E-state index in [0.717, 1.165) is 0 Å². The molecule has 1 N–H and O–H groups in total. The number of H-pyrrole nitrogens is 1. The minimum Gasteiger partial charge on any atom is -0.134 e. The second-order valence-electron chi connectivity index (χ2n) is 1.57. The lowest BCUT2D eigenvalue weighted by atomic mass is 11.2. The van der Waals surface area contributed by atoms with Gasteiger partial charge in [-0.05, 0) is 17.3 Å². The highest BCUT2D eigenvalue weighted by molar-refractivity contribution is 7.71. The molecule has 0 aliphatic carbocycles. The van der Waals surface area contributed by atoms with Crippen LogP contribution in [0.2, 0.25) is 0 Å². The number of rotatable bonds is 0. The van der Waals surface area contributed by atoms with Crippen LogP contribution in [0.3, 0.4) is 0 Å². The molecule has 5 heteroatoms. The van der Waals surface area contributed by atoms with Crippen molar-refractivity contribution in [3.8, 4) is 0 Å². The summed E-state index contributed by atoms with van der Waals surface area (Å²) in [6.07, 6.45) is 0. The van der Waals surface area contributed by atoms with Gasteiger partial charge in [0.1, 0.15) is 14.1 Å². The molecule has 0 saturated heterocycles. The maximum Gasteiger partial charge on any atom is 0.346 e. The zero-order valence-electron chi connectivity index (χ0n) is 4.75. The van der Waals surface area contributed by atoms with E-state index < -0.39 is 0 Å². The second-order valence-corrected chi connectivity index (χ2v) is 1.93. The van der Waals surface area contributed by atoms with E-state index in [1.807, 2.05) is 7.05 Å². The van der Waals surface area contributed by atoms with Crippen LogP contribution in [0.15, 0.2) is 0 Å². The fraction of sp³-hybridized carbons (Fsp3) is 0.667. The average molecular weight is 131 g/mol. The van der Waals surface area contributed by atoms with Crippen LogP contribution in [0.4, 0.5) is 0 Å². The third-order valence-corrected chi connectivity index (χ3v) is 1.17. The summed E-state index contributed by atoms with van der Waals surface area (Å²) in [5.41, 5.74) is 0. The van der Waals surface area contributed by atoms with Crippen molar-refractivity contribution >= 4 is 12.2 Å². The number of aromatic nitrogens is 4. The summed E-state index contributed by atoms with van der Waals surface area (Å²) in [5, 5.41) is 6.67. The molecule has 0 radical (unpaired) electrons. The van der Waals surface area contributed by atoms with Crippen LogP contribution < -0.4 is 4.80 Å². The molecule has 0 bridgehead atoms. The Morgan fingerprint density at radius 1 is 1.88 bits per heavy atom. The smallest absolute Gasteiger partial charge is 0.134 e. The average Bonchev–Trinajstić information content (AvgIpc) is 1.85. The normalized spacial score (nSPS) is 9.75. The van der Waals surface area contributed by atoms with Crippen LogP contribution >= 0.6 is 12.2 Å². The Kier molecular flexibility index (Phi) is 1.13. The fourth-order valence-corrected chi connectivity index (χ4v) is 0.641. The summed E-state index contributed by atoms with van der Waals surface area (Å²) < 4.78 is 2.22. The van der Waals surface area contributed by atoms with Gasteiger partial charge < -0.3 is 0 Å². The van der Waals surface area contributed by atoms with Gasteiger partial charge >= 0.3 is 4.77 Å². The van der Waals surface area contributed by atoms with Gasteiger partial charge in [-0.3, -0.25) is 0 Å². The second kappa shape index (κ2) is 1.66. The molecular formula is C3H7N4S+. The van der Waals surface area contributed by atoms with Crippen LogP contribution in [0.1, 0.15) is 0 Å². The minimum absolute atomic E-state index is 0.563. The van der Waals surface area contributed by atoms with Gasteiger partial charge in [-0.1, -0.05) is 10.0 Å². The molecule has 1 rings (SSSR count). The van der Waals surface area contributed by atoms with Crippen LogP contribution in [0.25, 0.3) is 0 Å². The Balaban J connectivity index is 3.35. The van der Waals surface area contributed by atoms with E-state index in [9.17, 15) is 0 Å². The molecule has 4 nitrogen and oxygen atoms in total. The molecule has 0 aliphatic rings. The summed E-state index contributed by atoms with van der Waals surface area (Å²) in [6, 6.07) is 0. The molecule has 1 aromatic heterocycles. The van der Waals surface area contributed by atoms with E-state index >= 15 is 0 Å². The SMILES string of the molecule is Cn1[nH][n+](C)nc1=S. The molecule has 0 fully saturated rings. The first kappa shape index (κ1) is 5.43. The van der Waals surface area contributed by atoms with Gasteiger partial charge in [-0.25, -0.2) is 0 Å². The van der Waals surface area contributed by atoms with Crippen molar-refractivity contribution in [2.45, 2.75) is 0 Å². The van der Waals surface area contributed by atoms with Gasteiger partial charge in [0.15, 0.2) is 0 Å². The fourth-order valence-electron chi connectivity index (χ4n) is 0.478. The van der Waals surface area contributed by atoms with E-state index in [-0.39, 0.29) is 0 Å². The molecule has 1 heterocycles. The highest BCUT2D eigenvalue weighted by atomic mass is 32.1. The van der Waals surface area contributed by atoms with Crippen molar-refractivity contribution < 1.29 is 4.80 Å². The summed E-state index contributed by atoms with van der Waals surface area (Å²) in [7, 11) is 3.60. The van der Waals surface area contributed by atoms with Crippen molar-refractivity contribution in [2.24, 2.45) is 14.1 Å². The number of hydrogen-bond acceptors (Lipinski definition) is 2. The number of aromatic amines is 1. The molecule has 0 aliphatic heterocycles. The topological polar surface area (TPSA) is 37.5 Å². The maximum atomic E-state index is 4.77. The van der Waals surface area contributed by atoms with Crippen molar-refractivity contribution in [3.05, 3.63) is 4.77 Å². The Morgan fingerprint density at radius 3 is 2.62 bits per heavy atom. The largest absolute Gasteiger partial charge is 0.346 e. The summed E-state index contributed by atoms with van der Waals surface area (Å²) in [4.78, 5) is 1.56. The predicted octanol–water partition coefficient (Wildman–Crippen LogP) is -0.698. The lowest BCUT2D eigenvalue weighted by molar-refractivity contribution is -0.785. The molecule has 44 valence electrons. The predicted molar refractivity (Wildman–Crippen MR) is 29.6 cm³/mol. The van der Waals surface area contributed by atoms with Gasteiger partial charge in [0.25, 0.3) is 0 Å². The van der Waals surface area contributed by atoms with Gasteiger partial charge in [-0.15, -0.1) is 4.68 Å². The lowest BCUT2D eigenvalue weighted by Gasteiger charge is -1.72. The first-order chi connectivity index (χ1) is 3.70. The monoisotopic (exact) mass is 131 g/mol. The van der Waals surface area contributed by atoms with E-state index in [4.69, 9.17) is 12.2 Å². The minimum atomic E-state index is 0.563. The lowest BCUT2D eigenvalue weighted by Crippen LogP contribution is -2.34. The quantitative estimate of drug-likeness (QED) is 0.373. The Labute approximate surface area is 51.7 Å². The standard InChI is InChI=1S/C3H6N4S/c1-6-3(8)4-7(2)5-6/h1-2H3/p+1. The molecule has 0 spiro atoms. The van der Waals surface area contributed by atoms with Gasteiger partial charge in [0.05, 0.1) is 0 Å². The van der Waals surface area contributed by atoms with Crippen molar-refractivity contribution in [1.82, 2.24) is 15.0 Å². The Bertz CT molecular complexity index is 234. The van der Waals surface area contributed by atoms with E-state index in [2.05, 4.69) is 10.3 Å². The Hall–Kier alpha value is -0.710. The van der Waals surface area contributed by atoms with Crippen LogP contribution in [0, 0.1) is 4.77 Å². The molecule has 0 saturated carbocycles. The van der Waals surface area contributed by atoms with Crippen molar-refractivity contribution in [2.75, 3.05) is 0 Å². The number of nitrogens with one attached hydrogen (secondary N) is 1. The zero-order valence-corrected chi connectivity index (χ0v) is 5.57. The first-order valence-corrected chi connectivity index (χ1v) is 2.60. The van der Waals surface area contributed by atoms with Gasteiger partial charge in [0.2, 0.25) is 0 Å². The van der Waals surface area contributed by atoms with E-state index in [0.29, 0.717) is 4.77 Å². The molecule has 1 aromatic rings. The third-order valence-electron chi connectivity index (χ3n) is 0.817. The molecule has 0 atom stereocenters. The van der Waals surface area contributed by atoms with E-state index in [1.54, 1.807) is 16.5 Å². The molecule has 0 aromatic carbocycles. The number of nitrogens with zero attached hydrogens (tertiary/aromatic N) is 3.